The lowest BCUT2D eigenvalue weighted by Crippen LogP contribution is -2.34. The zero-order valence-electron chi connectivity index (χ0n) is 12.6. The van der Waals surface area contributed by atoms with E-state index in [4.69, 9.17) is 16.3 Å². The van der Waals surface area contributed by atoms with Gasteiger partial charge in [-0.1, -0.05) is 17.7 Å². The molecule has 5 nitrogen and oxygen atoms in total. The van der Waals surface area contributed by atoms with E-state index < -0.39 is 0 Å². The Hall–Kier alpha value is -1.43. The van der Waals surface area contributed by atoms with Crippen LogP contribution in [0.15, 0.2) is 36.8 Å². The maximum atomic E-state index is 5.92. The highest BCUT2D eigenvalue weighted by Gasteiger charge is 2.19. The van der Waals surface area contributed by atoms with E-state index in [1.54, 1.807) is 6.20 Å². The molecular weight excluding hydrogens is 300 g/mol. The van der Waals surface area contributed by atoms with Gasteiger partial charge in [0.1, 0.15) is 0 Å². The molecular formula is C16H21ClN4O. The first-order valence-corrected chi connectivity index (χ1v) is 8.09. The lowest BCUT2D eigenvalue weighted by molar-refractivity contribution is 0.0685. The van der Waals surface area contributed by atoms with E-state index >= 15 is 0 Å². The predicted molar refractivity (Wildman–Crippen MR) is 85.7 cm³/mol. The lowest BCUT2D eigenvalue weighted by atomic mass is 10.2. The van der Waals surface area contributed by atoms with Gasteiger partial charge in [0.25, 0.3) is 0 Å². The molecule has 22 heavy (non-hydrogen) atoms. The van der Waals surface area contributed by atoms with Crippen LogP contribution in [0.5, 0.6) is 0 Å². The molecule has 0 bridgehead atoms. The fourth-order valence-corrected chi connectivity index (χ4v) is 2.89. The van der Waals surface area contributed by atoms with Gasteiger partial charge in [0.15, 0.2) is 0 Å². The van der Waals surface area contributed by atoms with Crippen LogP contribution < -0.4 is 0 Å². The van der Waals surface area contributed by atoms with Gasteiger partial charge in [-0.15, -0.1) is 0 Å². The molecule has 1 unspecified atom stereocenters. The number of halogens is 1. The van der Waals surface area contributed by atoms with E-state index in [1.807, 2.05) is 29.2 Å². The maximum absolute atomic E-state index is 5.92. The van der Waals surface area contributed by atoms with Crippen LogP contribution in [-0.4, -0.2) is 45.5 Å². The Morgan fingerprint density at radius 3 is 3.05 bits per heavy atom. The van der Waals surface area contributed by atoms with Crippen molar-refractivity contribution < 1.29 is 4.74 Å². The third-order valence-corrected chi connectivity index (χ3v) is 4.04. The van der Waals surface area contributed by atoms with Crippen LogP contribution in [-0.2, 0) is 17.8 Å². The Balaban J connectivity index is 1.59. The quantitative estimate of drug-likeness (QED) is 0.786. The fourth-order valence-electron chi connectivity index (χ4n) is 2.74. The Morgan fingerprint density at radius 2 is 2.36 bits per heavy atom. The first kappa shape index (κ1) is 15.5. The van der Waals surface area contributed by atoms with Crippen molar-refractivity contribution in [2.45, 2.75) is 32.0 Å². The summed E-state index contributed by atoms with van der Waals surface area (Å²) in [5.41, 5.74) is 1.08. The molecule has 1 saturated heterocycles. The number of aromatic nitrogens is 3. The SMILES string of the molecule is Clc1cnn(CCN(Cc2ccccn2)CC2CCCO2)c1. The summed E-state index contributed by atoms with van der Waals surface area (Å²) < 4.78 is 7.65. The van der Waals surface area contributed by atoms with E-state index in [0.717, 1.165) is 51.3 Å². The molecule has 1 atom stereocenters. The molecule has 2 aromatic rings. The van der Waals surface area contributed by atoms with Gasteiger partial charge in [0.05, 0.1) is 29.6 Å². The van der Waals surface area contributed by atoms with Crippen molar-refractivity contribution in [1.29, 1.82) is 0 Å². The standard InChI is InChI=1S/C16H21ClN4O/c17-14-10-19-21(11-14)8-7-20(13-16-5-3-9-22-16)12-15-4-1-2-6-18-15/h1-2,4,6,10-11,16H,3,5,7-9,12-13H2. The Bertz CT molecular complexity index is 569. The zero-order valence-corrected chi connectivity index (χ0v) is 13.3. The summed E-state index contributed by atoms with van der Waals surface area (Å²) in [6.45, 7) is 4.36. The minimum atomic E-state index is 0.338. The van der Waals surface area contributed by atoms with Gasteiger partial charge < -0.3 is 4.74 Å². The first-order valence-electron chi connectivity index (χ1n) is 7.71. The molecule has 1 aliphatic heterocycles. The molecule has 6 heteroatoms. The van der Waals surface area contributed by atoms with E-state index in [0.29, 0.717) is 11.1 Å². The molecule has 3 rings (SSSR count). The van der Waals surface area contributed by atoms with Crippen LogP contribution in [0.1, 0.15) is 18.5 Å². The number of hydrogen-bond acceptors (Lipinski definition) is 4. The second-order valence-electron chi connectivity index (χ2n) is 5.61. The Morgan fingerprint density at radius 1 is 1.41 bits per heavy atom. The highest BCUT2D eigenvalue weighted by Crippen LogP contribution is 2.15. The monoisotopic (exact) mass is 320 g/mol. The zero-order chi connectivity index (χ0) is 15.2. The summed E-state index contributed by atoms with van der Waals surface area (Å²) in [6, 6.07) is 6.03. The summed E-state index contributed by atoms with van der Waals surface area (Å²) in [6.07, 6.45) is 8.01. The van der Waals surface area contributed by atoms with Gasteiger partial charge >= 0.3 is 0 Å². The van der Waals surface area contributed by atoms with E-state index in [-0.39, 0.29) is 0 Å². The molecule has 118 valence electrons. The molecule has 3 heterocycles. The van der Waals surface area contributed by atoms with Crippen molar-refractivity contribution >= 4 is 11.6 Å². The van der Waals surface area contributed by atoms with Gasteiger partial charge in [-0.2, -0.15) is 5.10 Å². The molecule has 0 N–H and O–H groups in total. The third kappa shape index (κ3) is 4.53. The average molecular weight is 321 g/mol. The predicted octanol–water partition coefficient (Wildman–Crippen LogP) is 2.61. The van der Waals surface area contributed by atoms with Crippen LogP contribution in [0.2, 0.25) is 5.02 Å². The van der Waals surface area contributed by atoms with Crippen molar-refractivity contribution in [2.75, 3.05) is 19.7 Å². The van der Waals surface area contributed by atoms with E-state index in [2.05, 4.69) is 21.0 Å². The van der Waals surface area contributed by atoms with Crippen LogP contribution in [0.25, 0.3) is 0 Å². The summed E-state index contributed by atoms with van der Waals surface area (Å²) in [4.78, 5) is 6.81. The van der Waals surface area contributed by atoms with Crippen LogP contribution in [0, 0.1) is 0 Å². The van der Waals surface area contributed by atoms with Crippen LogP contribution in [0.3, 0.4) is 0 Å². The Labute approximate surface area is 135 Å². The molecule has 0 saturated carbocycles. The van der Waals surface area contributed by atoms with Crippen molar-refractivity contribution in [2.24, 2.45) is 0 Å². The van der Waals surface area contributed by atoms with Crippen molar-refractivity contribution in [3.63, 3.8) is 0 Å². The molecule has 0 aliphatic carbocycles. The van der Waals surface area contributed by atoms with Gasteiger partial charge in [-0.25, -0.2) is 0 Å². The normalized spacial score (nSPS) is 18.2. The Kier molecular flexibility index (Phi) is 5.43. The molecule has 1 fully saturated rings. The minimum Gasteiger partial charge on any atom is -0.377 e. The van der Waals surface area contributed by atoms with Crippen LogP contribution >= 0.6 is 11.6 Å². The number of rotatable bonds is 7. The average Bonchev–Trinajstić information content (AvgIpc) is 3.17. The first-order chi connectivity index (χ1) is 10.8. The summed E-state index contributed by atoms with van der Waals surface area (Å²) in [5.74, 6) is 0. The number of ether oxygens (including phenoxy) is 1. The van der Waals surface area contributed by atoms with E-state index in [1.165, 1.54) is 0 Å². The molecule has 0 aromatic carbocycles. The van der Waals surface area contributed by atoms with Gasteiger partial charge in [-0.3, -0.25) is 14.6 Å². The van der Waals surface area contributed by atoms with Gasteiger partial charge in [0, 0.05) is 38.6 Å². The highest BCUT2D eigenvalue weighted by molar-refractivity contribution is 6.30. The molecule has 2 aromatic heterocycles. The fraction of sp³-hybridized carbons (Fsp3) is 0.500. The van der Waals surface area contributed by atoms with Gasteiger partial charge in [-0.05, 0) is 25.0 Å². The summed E-state index contributed by atoms with van der Waals surface area (Å²) in [7, 11) is 0. The summed E-state index contributed by atoms with van der Waals surface area (Å²) in [5, 5.41) is 4.91. The van der Waals surface area contributed by atoms with Crippen molar-refractivity contribution in [3.05, 3.63) is 47.5 Å². The third-order valence-electron chi connectivity index (χ3n) is 3.84. The lowest BCUT2D eigenvalue weighted by Gasteiger charge is -2.24. The van der Waals surface area contributed by atoms with Gasteiger partial charge in [0.2, 0.25) is 0 Å². The molecule has 1 aliphatic rings. The van der Waals surface area contributed by atoms with Crippen molar-refractivity contribution in [1.82, 2.24) is 19.7 Å². The largest absolute Gasteiger partial charge is 0.377 e. The molecule has 0 amide bonds. The van der Waals surface area contributed by atoms with E-state index in [9.17, 15) is 0 Å². The molecule has 0 spiro atoms. The number of nitrogens with zero attached hydrogens (tertiary/aromatic N) is 4. The van der Waals surface area contributed by atoms with Crippen LogP contribution in [0.4, 0.5) is 0 Å². The maximum Gasteiger partial charge on any atom is 0.0785 e. The number of hydrogen-bond donors (Lipinski definition) is 0. The molecule has 0 radical (unpaired) electrons. The number of pyridine rings is 1. The second-order valence-corrected chi connectivity index (χ2v) is 6.05. The smallest absolute Gasteiger partial charge is 0.0785 e. The highest BCUT2D eigenvalue weighted by atomic mass is 35.5. The second kappa shape index (κ2) is 7.72. The van der Waals surface area contributed by atoms with Crippen molar-refractivity contribution in [3.8, 4) is 0 Å². The minimum absolute atomic E-state index is 0.338. The summed E-state index contributed by atoms with van der Waals surface area (Å²) >= 11 is 5.92. The topological polar surface area (TPSA) is 43.2 Å².